The highest BCUT2D eigenvalue weighted by molar-refractivity contribution is 5.93. The van der Waals surface area contributed by atoms with Gasteiger partial charge in [-0.15, -0.1) is 0 Å². The number of carbonyl (C=O) groups is 2. The molecule has 1 fully saturated rings. The lowest BCUT2D eigenvalue weighted by Gasteiger charge is -2.21. The average Bonchev–Trinajstić information content (AvgIpc) is 3.29. The number of amides is 2. The molecule has 0 unspecified atom stereocenters. The molecule has 0 heterocycles. The molecule has 1 aromatic rings. The smallest absolute Gasteiger partial charge is 0.323 e. The minimum Gasteiger partial charge on any atom is -0.497 e. The van der Waals surface area contributed by atoms with Crippen LogP contribution in [0.4, 0.5) is 10.5 Å². The van der Waals surface area contributed by atoms with Crippen molar-refractivity contribution in [1.82, 2.24) is 4.90 Å². The van der Waals surface area contributed by atoms with E-state index in [9.17, 15) is 9.59 Å². The summed E-state index contributed by atoms with van der Waals surface area (Å²) in [5.74, 6) is 0.0296. The summed E-state index contributed by atoms with van der Waals surface area (Å²) >= 11 is 0. The number of anilines is 1. The van der Waals surface area contributed by atoms with Gasteiger partial charge in [0.2, 0.25) is 0 Å². The summed E-state index contributed by atoms with van der Waals surface area (Å²) in [6.07, 6.45) is 1.67. The van der Waals surface area contributed by atoms with E-state index in [-0.39, 0.29) is 12.6 Å². The Hall–Kier alpha value is -2.44. The normalized spacial score (nSPS) is 13.4. The Labute approximate surface area is 122 Å². The number of carbonyl (C=O) groups excluding carboxylic acids is 1. The Bertz CT molecular complexity index is 542. The van der Waals surface area contributed by atoms with E-state index in [1.54, 1.807) is 18.2 Å². The molecule has 0 atom stereocenters. The van der Waals surface area contributed by atoms with Crippen LogP contribution in [-0.4, -0.2) is 48.8 Å². The predicted molar refractivity (Wildman–Crippen MR) is 75.9 cm³/mol. The fourth-order valence-corrected chi connectivity index (χ4v) is 1.99. The summed E-state index contributed by atoms with van der Waals surface area (Å²) in [5.41, 5.74) is 0.472. The van der Waals surface area contributed by atoms with E-state index in [2.05, 4.69) is 5.32 Å². The summed E-state index contributed by atoms with van der Waals surface area (Å²) in [6.45, 7) is -0.311. The Kier molecular flexibility index (Phi) is 4.52. The van der Waals surface area contributed by atoms with Crippen LogP contribution in [0.25, 0.3) is 0 Å². The highest BCUT2D eigenvalue weighted by atomic mass is 16.5. The van der Waals surface area contributed by atoms with Crippen LogP contribution in [0.5, 0.6) is 11.5 Å². The number of methoxy groups -OCH3 is 2. The first-order chi connectivity index (χ1) is 10.0. The van der Waals surface area contributed by atoms with Crippen LogP contribution >= 0.6 is 0 Å². The molecule has 0 radical (unpaired) electrons. The van der Waals surface area contributed by atoms with Crippen molar-refractivity contribution < 1.29 is 24.2 Å². The van der Waals surface area contributed by atoms with Crippen LogP contribution in [0.2, 0.25) is 0 Å². The molecular weight excluding hydrogens is 276 g/mol. The molecule has 7 nitrogen and oxygen atoms in total. The van der Waals surface area contributed by atoms with Crippen LogP contribution in [0.15, 0.2) is 18.2 Å². The molecule has 1 aliphatic rings. The Morgan fingerprint density at radius 2 is 2.05 bits per heavy atom. The molecular formula is C14H18N2O5. The first-order valence-corrected chi connectivity index (χ1v) is 6.56. The third-order valence-electron chi connectivity index (χ3n) is 3.20. The zero-order valence-corrected chi connectivity index (χ0v) is 12.0. The molecule has 0 saturated heterocycles. The fraction of sp³-hybridized carbons (Fsp3) is 0.429. The number of hydrogen-bond donors (Lipinski definition) is 2. The topological polar surface area (TPSA) is 88.1 Å². The number of nitrogens with zero attached hydrogens (tertiary/aromatic N) is 1. The van der Waals surface area contributed by atoms with E-state index < -0.39 is 12.0 Å². The highest BCUT2D eigenvalue weighted by Crippen LogP contribution is 2.31. The molecule has 2 amide bonds. The number of ether oxygens (including phenoxy) is 2. The van der Waals surface area contributed by atoms with Gasteiger partial charge in [0.05, 0.1) is 19.9 Å². The zero-order valence-electron chi connectivity index (χ0n) is 12.0. The van der Waals surface area contributed by atoms with E-state index >= 15 is 0 Å². The van der Waals surface area contributed by atoms with Crippen molar-refractivity contribution in [2.75, 3.05) is 26.1 Å². The van der Waals surface area contributed by atoms with Crippen LogP contribution < -0.4 is 14.8 Å². The summed E-state index contributed by atoms with van der Waals surface area (Å²) < 4.78 is 10.3. The quantitative estimate of drug-likeness (QED) is 0.835. The van der Waals surface area contributed by atoms with Gasteiger partial charge in [0.15, 0.2) is 0 Å². The Morgan fingerprint density at radius 1 is 1.33 bits per heavy atom. The maximum Gasteiger partial charge on any atom is 0.323 e. The third-order valence-corrected chi connectivity index (χ3v) is 3.20. The molecule has 0 aromatic heterocycles. The second-order valence-electron chi connectivity index (χ2n) is 4.75. The molecule has 2 N–H and O–H groups in total. The van der Waals surface area contributed by atoms with Crippen LogP contribution in [-0.2, 0) is 4.79 Å². The van der Waals surface area contributed by atoms with Gasteiger partial charge in [0.25, 0.3) is 0 Å². The van der Waals surface area contributed by atoms with E-state index in [4.69, 9.17) is 14.6 Å². The average molecular weight is 294 g/mol. The van der Waals surface area contributed by atoms with Gasteiger partial charge in [0, 0.05) is 12.1 Å². The number of urea groups is 1. The van der Waals surface area contributed by atoms with Crippen molar-refractivity contribution in [3.05, 3.63) is 18.2 Å². The molecule has 7 heteroatoms. The molecule has 0 spiro atoms. The minimum atomic E-state index is -1.03. The SMILES string of the molecule is COc1ccc(NC(=O)N(CC(=O)O)C2CC2)c(OC)c1. The van der Waals surface area contributed by atoms with Crippen molar-refractivity contribution in [3.63, 3.8) is 0 Å². The second-order valence-corrected chi connectivity index (χ2v) is 4.75. The van der Waals surface area contributed by atoms with Crippen molar-refractivity contribution in [2.24, 2.45) is 0 Å². The number of carboxylic acids is 1. The molecule has 1 aromatic carbocycles. The van der Waals surface area contributed by atoms with E-state index in [1.807, 2.05) is 0 Å². The second kappa shape index (κ2) is 6.34. The molecule has 114 valence electrons. The van der Waals surface area contributed by atoms with Crippen molar-refractivity contribution in [1.29, 1.82) is 0 Å². The van der Waals surface area contributed by atoms with Gasteiger partial charge in [-0.3, -0.25) is 4.79 Å². The summed E-state index contributed by atoms with van der Waals surface area (Å²) in [5, 5.41) is 11.6. The van der Waals surface area contributed by atoms with Gasteiger partial charge in [-0.1, -0.05) is 0 Å². The Balaban J connectivity index is 2.12. The molecule has 21 heavy (non-hydrogen) atoms. The maximum atomic E-state index is 12.2. The van der Waals surface area contributed by atoms with E-state index in [0.29, 0.717) is 17.2 Å². The van der Waals surface area contributed by atoms with Crippen molar-refractivity contribution in [3.8, 4) is 11.5 Å². The number of rotatable bonds is 6. The fourth-order valence-electron chi connectivity index (χ4n) is 1.99. The third kappa shape index (κ3) is 3.77. The number of hydrogen-bond acceptors (Lipinski definition) is 4. The predicted octanol–water partition coefficient (Wildman–Crippen LogP) is 1.78. The first-order valence-electron chi connectivity index (χ1n) is 6.56. The summed E-state index contributed by atoms with van der Waals surface area (Å²) in [7, 11) is 3.02. The van der Waals surface area contributed by atoms with Gasteiger partial charge in [-0.25, -0.2) is 4.79 Å². The van der Waals surface area contributed by atoms with Crippen molar-refractivity contribution >= 4 is 17.7 Å². The van der Waals surface area contributed by atoms with Gasteiger partial charge in [0.1, 0.15) is 18.0 Å². The lowest BCUT2D eigenvalue weighted by atomic mass is 10.2. The monoisotopic (exact) mass is 294 g/mol. The molecule has 1 aliphatic carbocycles. The molecule has 0 bridgehead atoms. The lowest BCUT2D eigenvalue weighted by Crippen LogP contribution is -2.40. The summed E-state index contributed by atoms with van der Waals surface area (Å²) in [6, 6.07) is 4.56. The standard InChI is InChI=1S/C14H18N2O5/c1-20-10-5-6-11(12(7-10)21-2)15-14(19)16(8-13(17)18)9-3-4-9/h5-7,9H,3-4,8H2,1-2H3,(H,15,19)(H,17,18). The van der Waals surface area contributed by atoms with E-state index in [1.165, 1.54) is 19.1 Å². The number of carboxylic acid groups (broad SMARTS) is 1. The van der Waals surface area contributed by atoms with Gasteiger partial charge < -0.3 is 24.8 Å². The van der Waals surface area contributed by atoms with Gasteiger partial charge in [-0.2, -0.15) is 0 Å². The molecule has 2 rings (SSSR count). The number of nitrogens with one attached hydrogen (secondary N) is 1. The number of aliphatic carboxylic acids is 1. The zero-order chi connectivity index (χ0) is 15.4. The van der Waals surface area contributed by atoms with Crippen LogP contribution in [0.1, 0.15) is 12.8 Å². The number of benzene rings is 1. The lowest BCUT2D eigenvalue weighted by molar-refractivity contribution is -0.137. The highest BCUT2D eigenvalue weighted by Gasteiger charge is 2.34. The maximum absolute atomic E-state index is 12.2. The molecule has 0 aliphatic heterocycles. The largest absolute Gasteiger partial charge is 0.497 e. The Morgan fingerprint density at radius 3 is 2.57 bits per heavy atom. The van der Waals surface area contributed by atoms with Crippen LogP contribution in [0.3, 0.4) is 0 Å². The minimum absolute atomic E-state index is 0.00495. The van der Waals surface area contributed by atoms with Crippen LogP contribution in [0, 0.1) is 0 Å². The summed E-state index contributed by atoms with van der Waals surface area (Å²) in [4.78, 5) is 24.4. The van der Waals surface area contributed by atoms with Gasteiger partial charge >= 0.3 is 12.0 Å². The molecule has 1 saturated carbocycles. The van der Waals surface area contributed by atoms with Crippen molar-refractivity contribution in [2.45, 2.75) is 18.9 Å². The van der Waals surface area contributed by atoms with Gasteiger partial charge in [-0.05, 0) is 25.0 Å². The van der Waals surface area contributed by atoms with E-state index in [0.717, 1.165) is 12.8 Å². The first kappa shape index (κ1) is 15.0.